The van der Waals surface area contributed by atoms with Crippen molar-refractivity contribution in [1.82, 2.24) is 15.1 Å². The van der Waals surface area contributed by atoms with Gasteiger partial charge in [0.15, 0.2) is 0 Å². The minimum absolute atomic E-state index is 0. The number of nitrogens with zero attached hydrogens (tertiary/aromatic N) is 2. The van der Waals surface area contributed by atoms with Crippen molar-refractivity contribution < 1.29 is 14.3 Å². The third-order valence-corrected chi connectivity index (χ3v) is 4.88. The molecule has 1 aromatic carbocycles. The lowest BCUT2D eigenvalue weighted by Crippen LogP contribution is -2.52. The van der Waals surface area contributed by atoms with Crippen LogP contribution in [0.4, 0.5) is 0 Å². The van der Waals surface area contributed by atoms with E-state index in [2.05, 4.69) is 5.32 Å². The fourth-order valence-corrected chi connectivity index (χ4v) is 3.48. The second-order valence-electron chi connectivity index (χ2n) is 6.67. The van der Waals surface area contributed by atoms with Crippen LogP contribution in [-0.2, 0) is 9.59 Å². The highest BCUT2D eigenvalue weighted by Crippen LogP contribution is 2.20. The number of rotatable bonds is 5. The molecule has 2 aliphatic heterocycles. The molecule has 0 radical (unpaired) electrons. The standard InChI is InChI=1S/C19H27N3O3.ClH/c23-18(8-14-25-17-6-2-1-3-7-17)22-11-4-5-16(15-22)19(24)21-12-9-20-10-13-21;/h1-3,6-7,16,20H,4-5,8-15H2;1H. The van der Waals surface area contributed by atoms with Crippen LogP contribution in [0.1, 0.15) is 19.3 Å². The van der Waals surface area contributed by atoms with Crippen molar-refractivity contribution in [2.24, 2.45) is 5.92 Å². The van der Waals surface area contributed by atoms with E-state index in [-0.39, 0.29) is 30.1 Å². The molecule has 2 amide bonds. The Hall–Kier alpha value is -1.79. The van der Waals surface area contributed by atoms with Crippen LogP contribution in [0.15, 0.2) is 30.3 Å². The number of hydrogen-bond acceptors (Lipinski definition) is 4. The van der Waals surface area contributed by atoms with E-state index in [0.717, 1.165) is 51.3 Å². The number of piperazine rings is 1. The second kappa shape index (κ2) is 10.4. The van der Waals surface area contributed by atoms with E-state index in [1.54, 1.807) is 0 Å². The van der Waals surface area contributed by atoms with Gasteiger partial charge in [0, 0.05) is 39.3 Å². The monoisotopic (exact) mass is 381 g/mol. The number of hydrogen-bond donors (Lipinski definition) is 1. The zero-order valence-corrected chi connectivity index (χ0v) is 15.9. The minimum atomic E-state index is -0.0501. The maximum Gasteiger partial charge on any atom is 0.227 e. The topological polar surface area (TPSA) is 61.9 Å². The largest absolute Gasteiger partial charge is 0.493 e. The van der Waals surface area contributed by atoms with Gasteiger partial charge in [-0.15, -0.1) is 12.4 Å². The van der Waals surface area contributed by atoms with Crippen molar-refractivity contribution in [3.05, 3.63) is 30.3 Å². The average molecular weight is 382 g/mol. The van der Waals surface area contributed by atoms with Gasteiger partial charge in [0.25, 0.3) is 0 Å². The molecule has 0 bridgehead atoms. The minimum Gasteiger partial charge on any atom is -0.493 e. The molecule has 1 unspecified atom stereocenters. The van der Waals surface area contributed by atoms with Gasteiger partial charge in [-0.3, -0.25) is 9.59 Å². The van der Waals surface area contributed by atoms with Crippen molar-refractivity contribution in [2.75, 3.05) is 45.9 Å². The molecular weight excluding hydrogens is 354 g/mol. The van der Waals surface area contributed by atoms with E-state index in [9.17, 15) is 9.59 Å². The summed E-state index contributed by atoms with van der Waals surface area (Å²) in [7, 11) is 0. The van der Waals surface area contributed by atoms with Crippen molar-refractivity contribution in [2.45, 2.75) is 19.3 Å². The van der Waals surface area contributed by atoms with Gasteiger partial charge in [-0.25, -0.2) is 0 Å². The molecule has 3 rings (SSSR count). The van der Waals surface area contributed by atoms with Gasteiger partial charge in [-0.1, -0.05) is 18.2 Å². The predicted octanol–water partition coefficient (Wildman–Crippen LogP) is 1.55. The lowest BCUT2D eigenvalue weighted by Gasteiger charge is -2.36. The highest BCUT2D eigenvalue weighted by atomic mass is 35.5. The number of benzene rings is 1. The number of piperidine rings is 1. The highest BCUT2D eigenvalue weighted by molar-refractivity contribution is 5.85. The van der Waals surface area contributed by atoms with E-state index in [1.807, 2.05) is 40.1 Å². The summed E-state index contributed by atoms with van der Waals surface area (Å²) in [5.74, 6) is 1.01. The van der Waals surface area contributed by atoms with Crippen molar-refractivity contribution in [1.29, 1.82) is 0 Å². The van der Waals surface area contributed by atoms with E-state index < -0.39 is 0 Å². The molecule has 2 saturated heterocycles. The first-order chi connectivity index (χ1) is 12.2. The van der Waals surface area contributed by atoms with Crippen LogP contribution >= 0.6 is 12.4 Å². The molecule has 1 aromatic rings. The second-order valence-corrected chi connectivity index (χ2v) is 6.67. The molecule has 7 heteroatoms. The molecule has 144 valence electrons. The van der Waals surface area contributed by atoms with Crippen molar-refractivity contribution in [3.8, 4) is 5.75 Å². The van der Waals surface area contributed by atoms with Crippen molar-refractivity contribution >= 4 is 24.2 Å². The van der Waals surface area contributed by atoms with E-state index in [0.29, 0.717) is 19.6 Å². The molecule has 1 N–H and O–H groups in total. The lowest BCUT2D eigenvalue weighted by atomic mass is 9.96. The summed E-state index contributed by atoms with van der Waals surface area (Å²) in [6.07, 6.45) is 2.13. The number of carbonyl (C=O) groups excluding carboxylic acids is 2. The zero-order valence-electron chi connectivity index (χ0n) is 15.1. The smallest absolute Gasteiger partial charge is 0.227 e. The van der Waals surface area contributed by atoms with Crippen LogP contribution in [-0.4, -0.2) is 67.5 Å². The Morgan fingerprint density at radius 2 is 1.81 bits per heavy atom. The van der Waals surface area contributed by atoms with Crippen LogP contribution in [0.2, 0.25) is 0 Å². The number of para-hydroxylation sites is 1. The molecule has 6 nitrogen and oxygen atoms in total. The maximum atomic E-state index is 12.7. The van der Waals surface area contributed by atoms with Gasteiger partial charge in [-0.2, -0.15) is 0 Å². The number of ether oxygens (including phenoxy) is 1. The molecule has 0 aromatic heterocycles. The molecule has 0 saturated carbocycles. The zero-order chi connectivity index (χ0) is 17.5. The SMILES string of the molecule is Cl.O=C(CCOc1ccccc1)N1CCCC(C(=O)N2CCNCC2)C1. The van der Waals surface area contributed by atoms with Crippen molar-refractivity contribution in [3.63, 3.8) is 0 Å². The third-order valence-electron chi connectivity index (χ3n) is 4.88. The third kappa shape index (κ3) is 5.61. The van der Waals surface area contributed by atoms with Gasteiger partial charge in [0.2, 0.25) is 11.8 Å². The maximum absolute atomic E-state index is 12.7. The molecule has 2 fully saturated rings. The van der Waals surface area contributed by atoms with Gasteiger partial charge >= 0.3 is 0 Å². The van der Waals surface area contributed by atoms with Crippen LogP contribution in [0, 0.1) is 5.92 Å². The summed E-state index contributed by atoms with van der Waals surface area (Å²) < 4.78 is 5.61. The molecule has 2 heterocycles. The number of nitrogens with one attached hydrogen (secondary N) is 1. The highest BCUT2D eigenvalue weighted by Gasteiger charge is 2.31. The molecule has 1 atom stereocenters. The number of halogens is 1. The predicted molar refractivity (Wildman–Crippen MR) is 103 cm³/mol. The molecule has 0 aliphatic carbocycles. The van der Waals surface area contributed by atoms with Crippen LogP contribution in [0.5, 0.6) is 5.75 Å². The quantitative estimate of drug-likeness (QED) is 0.840. The van der Waals surface area contributed by atoms with Gasteiger partial charge in [-0.05, 0) is 25.0 Å². The molecule has 0 spiro atoms. The Kier molecular flexibility index (Phi) is 8.19. The molecule has 2 aliphatic rings. The lowest BCUT2D eigenvalue weighted by molar-refractivity contribution is -0.141. The Bertz CT molecular complexity index is 579. The first-order valence-corrected chi connectivity index (χ1v) is 9.19. The summed E-state index contributed by atoms with van der Waals surface area (Å²) in [4.78, 5) is 28.9. The van der Waals surface area contributed by atoms with E-state index >= 15 is 0 Å². The number of amides is 2. The summed E-state index contributed by atoms with van der Waals surface area (Å²) in [6, 6.07) is 9.52. The Labute approximate surface area is 161 Å². The first kappa shape index (κ1) is 20.5. The average Bonchev–Trinajstić information content (AvgIpc) is 2.69. The fourth-order valence-electron chi connectivity index (χ4n) is 3.48. The number of likely N-dealkylation sites (tertiary alicyclic amines) is 1. The van der Waals surface area contributed by atoms with E-state index in [4.69, 9.17) is 4.74 Å². The molecular formula is C19H28ClN3O3. The summed E-state index contributed by atoms with van der Waals surface area (Å²) in [5.41, 5.74) is 0. The Balaban J connectivity index is 0.00000243. The normalized spacial score (nSPS) is 20.2. The number of carbonyl (C=O) groups is 2. The Morgan fingerprint density at radius 1 is 1.08 bits per heavy atom. The van der Waals surface area contributed by atoms with Crippen LogP contribution in [0.3, 0.4) is 0 Å². The fraction of sp³-hybridized carbons (Fsp3) is 0.579. The van der Waals surface area contributed by atoms with Gasteiger partial charge in [0.1, 0.15) is 5.75 Å². The van der Waals surface area contributed by atoms with Gasteiger partial charge < -0.3 is 19.9 Å². The van der Waals surface area contributed by atoms with Crippen LogP contribution < -0.4 is 10.1 Å². The molecule has 26 heavy (non-hydrogen) atoms. The van der Waals surface area contributed by atoms with E-state index in [1.165, 1.54) is 0 Å². The first-order valence-electron chi connectivity index (χ1n) is 9.19. The van der Waals surface area contributed by atoms with Crippen LogP contribution in [0.25, 0.3) is 0 Å². The van der Waals surface area contributed by atoms with Gasteiger partial charge in [0.05, 0.1) is 18.9 Å². The summed E-state index contributed by atoms with van der Waals surface area (Å²) in [5, 5.41) is 3.26. The summed E-state index contributed by atoms with van der Waals surface area (Å²) in [6.45, 7) is 4.93. The summed E-state index contributed by atoms with van der Waals surface area (Å²) >= 11 is 0. The Morgan fingerprint density at radius 3 is 2.54 bits per heavy atom.